The SMILES string of the molecule is CCCc1nc(C(=O)NCC(O)CN2CCN(c3cccc(Cl)c3C)CC2)c(C)n1-c1ccc(C)cc1.Cl.Cl. The number of carbonyl (C=O) groups is 1. The zero-order valence-corrected chi connectivity index (χ0v) is 25.5. The molecule has 1 aliphatic rings. The number of nitrogens with zero attached hydrogens (tertiary/aromatic N) is 4. The smallest absolute Gasteiger partial charge is 0.271 e. The lowest BCUT2D eigenvalue weighted by atomic mass is 10.1. The first-order chi connectivity index (χ1) is 17.8. The Kier molecular flexibility index (Phi) is 12.6. The fourth-order valence-corrected chi connectivity index (χ4v) is 5.14. The molecule has 2 heterocycles. The number of aliphatic hydroxyl groups is 1. The quantitative estimate of drug-likeness (QED) is 0.357. The number of nitrogens with one attached hydrogen (secondary N) is 1. The average molecular weight is 597 g/mol. The van der Waals surface area contributed by atoms with Gasteiger partial charge in [0.25, 0.3) is 5.91 Å². The van der Waals surface area contributed by atoms with Gasteiger partial charge in [-0.3, -0.25) is 9.69 Å². The van der Waals surface area contributed by atoms with Crippen LogP contribution in [0.25, 0.3) is 5.69 Å². The Hall–Kier alpha value is -2.29. The van der Waals surface area contributed by atoms with E-state index in [4.69, 9.17) is 11.6 Å². The highest BCUT2D eigenvalue weighted by molar-refractivity contribution is 6.31. The molecule has 214 valence electrons. The molecule has 7 nitrogen and oxygen atoms in total. The second kappa shape index (κ2) is 14.9. The predicted molar refractivity (Wildman–Crippen MR) is 165 cm³/mol. The molecule has 3 aromatic rings. The van der Waals surface area contributed by atoms with E-state index in [9.17, 15) is 9.90 Å². The number of benzene rings is 2. The van der Waals surface area contributed by atoms with E-state index in [0.717, 1.165) is 66.8 Å². The molecule has 1 unspecified atom stereocenters. The first kappa shape index (κ1) is 32.9. The summed E-state index contributed by atoms with van der Waals surface area (Å²) in [5.41, 5.74) is 5.69. The third-order valence-electron chi connectivity index (χ3n) is 7.08. The Morgan fingerprint density at radius 3 is 2.36 bits per heavy atom. The van der Waals surface area contributed by atoms with Crippen molar-refractivity contribution in [1.82, 2.24) is 19.8 Å². The molecule has 1 aliphatic heterocycles. The van der Waals surface area contributed by atoms with Gasteiger partial charge in [-0.2, -0.15) is 0 Å². The van der Waals surface area contributed by atoms with Crippen molar-refractivity contribution in [3.05, 3.63) is 75.8 Å². The van der Waals surface area contributed by atoms with Crippen LogP contribution in [0.5, 0.6) is 0 Å². The summed E-state index contributed by atoms with van der Waals surface area (Å²) >= 11 is 6.30. The maximum absolute atomic E-state index is 13.0. The van der Waals surface area contributed by atoms with Crippen molar-refractivity contribution in [1.29, 1.82) is 0 Å². The Morgan fingerprint density at radius 1 is 1.05 bits per heavy atom. The van der Waals surface area contributed by atoms with Gasteiger partial charge in [-0.15, -0.1) is 24.8 Å². The summed E-state index contributed by atoms with van der Waals surface area (Å²) in [6.45, 7) is 12.3. The van der Waals surface area contributed by atoms with Gasteiger partial charge in [-0.25, -0.2) is 4.98 Å². The molecule has 4 rings (SSSR count). The summed E-state index contributed by atoms with van der Waals surface area (Å²) in [6, 6.07) is 14.3. The van der Waals surface area contributed by atoms with Gasteiger partial charge in [0.15, 0.2) is 0 Å². The van der Waals surface area contributed by atoms with Crippen molar-refractivity contribution in [3.63, 3.8) is 0 Å². The van der Waals surface area contributed by atoms with Crippen molar-refractivity contribution in [2.45, 2.75) is 46.6 Å². The van der Waals surface area contributed by atoms with Crippen LogP contribution in [-0.2, 0) is 6.42 Å². The number of aromatic nitrogens is 2. The van der Waals surface area contributed by atoms with E-state index >= 15 is 0 Å². The summed E-state index contributed by atoms with van der Waals surface area (Å²) in [4.78, 5) is 22.3. The number of amides is 1. The van der Waals surface area contributed by atoms with Crippen LogP contribution in [0.15, 0.2) is 42.5 Å². The normalized spacial score (nSPS) is 14.4. The van der Waals surface area contributed by atoms with Gasteiger partial charge in [0.2, 0.25) is 0 Å². The van der Waals surface area contributed by atoms with Gasteiger partial charge in [0.05, 0.1) is 11.8 Å². The zero-order valence-electron chi connectivity index (χ0n) is 23.1. The number of aryl methyl sites for hydroxylation is 2. The van der Waals surface area contributed by atoms with Crippen molar-refractivity contribution < 1.29 is 9.90 Å². The lowest BCUT2D eigenvalue weighted by molar-refractivity contribution is 0.0847. The van der Waals surface area contributed by atoms with E-state index in [1.165, 1.54) is 11.3 Å². The molecule has 0 aliphatic carbocycles. The first-order valence-electron chi connectivity index (χ1n) is 13.1. The topological polar surface area (TPSA) is 73.6 Å². The fraction of sp³-hybridized carbons (Fsp3) is 0.448. The highest BCUT2D eigenvalue weighted by Gasteiger charge is 2.23. The molecular formula is C29H40Cl3N5O2. The number of rotatable bonds is 9. The number of β-amino-alcohol motifs (C(OH)–C–C–N with tert-alkyl or cyclic N) is 1. The van der Waals surface area contributed by atoms with Gasteiger partial charge < -0.3 is 19.9 Å². The Labute approximate surface area is 249 Å². The molecule has 1 fully saturated rings. The second-order valence-electron chi connectivity index (χ2n) is 9.92. The van der Waals surface area contributed by atoms with Crippen LogP contribution in [0.4, 0.5) is 5.69 Å². The number of imidazole rings is 1. The van der Waals surface area contributed by atoms with E-state index in [0.29, 0.717) is 12.2 Å². The first-order valence-corrected chi connectivity index (χ1v) is 13.5. The van der Waals surface area contributed by atoms with Crippen LogP contribution in [0.3, 0.4) is 0 Å². The molecule has 2 aromatic carbocycles. The molecule has 1 aromatic heterocycles. The number of aliphatic hydroxyl groups excluding tert-OH is 1. The van der Waals surface area contributed by atoms with E-state index in [-0.39, 0.29) is 37.3 Å². The molecule has 0 radical (unpaired) electrons. The summed E-state index contributed by atoms with van der Waals surface area (Å²) in [6.07, 6.45) is 1.07. The van der Waals surface area contributed by atoms with Gasteiger partial charge in [-0.1, -0.05) is 42.3 Å². The molecule has 1 atom stereocenters. The minimum absolute atomic E-state index is 0. The predicted octanol–water partition coefficient (Wildman–Crippen LogP) is 5.16. The highest BCUT2D eigenvalue weighted by Crippen LogP contribution is 2.27. The Morgan fingerprint density at radius 2 is 1.72 bits per heavy atom. The second-order valence-corrected chi connectivity index (χ2v) is 10.3. The molecule has 1 amide bonds. The van der Waals surface area contributed by atoms with Crippen LogP contribution < -0.4 is 10.2 Å². The zero-order chi connectivity index (χ0) is 26.5. The summed E-state index contributed by atoms with van der Waals surface area (Å²) in [7, 11) is 0. The third kappa shape index (κ3) is 7.89. The standard InChI is InChI=1S/C29H38ClN5O2.2ClH/c1-5-7-27-32-28(22(4)35(27)23-12-10-20(2)11-13-23)29(37)31-18-24(36)19-33-14-16-34(17-15-33)26-9-6-8-25(30)21(26)3;;/h6,8-13,24,36H,5,7,14-19H2,1-4H3,(H,31,37);2*1H. The number of hydrogen-bond donors (Lipinski definition) is 2. The van der Waals surface area contributed by atoms with E-state index in [1.807, 2.05) is 26.0 Å². The summed E-state index contributed by atoms with van der Waals surface area (Å²) in [5.74, 6) is 0.628. The monoisotopic (exact) mass is 595 g/mol. The van der Waals surface area contributed by atoms with E-state index in [2.05, 4.69) is 68.8 Å². The molecule has 0 saturated carbocycles. The van der Waals surface area contributed by atoms with Crippen LogP contribution in [-0.4, -0.2) is 70.8 Å². The van der Waals surface area contributed by atoms with Crippen LogP contribution in [0.1, 0.15) is 46.5 Å². The molecular weight excluding hydrogens is 557 g/mol. The molecule has 39 heavy (non-hydrogen) atoms. The molecule has 10 heteroatoms. The number of hydrogen-bond acceptors (Lipinski definition) is 5. The van der Waals surface area contributed by atoms with Gasteiger partial charge in [-0.05, 0) is 57.0 Å². The summed E-state index contributed by atoms with van der Waals surface area (Å²) < 4.78 is 2.06. The van der Waals surface area contributed by atoms with Crippen molar-refractivity contribution in [2.24, 2.45) is 0 Å². The minimum atomic E-state index is -0.655. The van der Waals surface area contributed by atoms with Gasteiger partial charge in [0.1, 0.15) is 11.5 Å². The Bertz CT molecular complexity index is 1220. The molecule has 1 saturated heterocycles. The maximum Gasteiger partial charge on any atom is 0.271 e. The van der Waals surface area contributed by atoms with Gasteiger partial charge >= 0.3 is 0 Å². The van der Waals surface area contributed by atoms with Crippen molar-refractivity contribution in [3.8, 4) is 5.69 Å². The lowest BCUT2D eigenvalue weighted by Crippen LogP contribution is -2.50. The molecule has 2 N–H and O–H groups in total. The largest absolute Gasteiger partial charge is 0.390 e. The molecule has 0 spiro atoms. The van der Waals surface area contributed by atoms with Crippen LogP contribution in [0, 0.1) is 20.8 Å². The van der Waals surface area contributed by atoms with E-state index < -0.39 is 6.10 Å². The third-order valence-corrected chi connectivity index (χ3v) is 7.49. The maximum atomic E-state index is 13.0. The number of piperazine rings is 1. The average Bonchev–Trinajstić information content (AvgIpc) is 3.21. The fourth-order valence-electron chi connectivity index (χ4n) is 4.97. The summed E-state index contributed by atoms with van der Waals surface area (Å²) in [5, 5.41) is 14.4. The number of anilines is 1. The van der Waals surface area contributed by atoms with Crippen molar-refractivity contribution >= 4 is 48.0 Å². The van der Waals surface area contributed by atoms with Crippen molar-refractivity contribution in [2.75, 3.05) is 44.2 Å². The lowest BCUT2D eigenvalue weighted by Gasteiger charge is -2.37. The number of carbonyl (C=O) groups excluding carboxylic acids is 1. The number of halogens is 3. The minimum Gasteiger partial charge on any atom is -0.390 e. The van der Waals surface area contributed by atoms with E-state index in [1.54, 1.807) is 0 Å². The van der Waals surface area contributed by atoms with Crippen LogP contribution in [0.2, 0.25) is 5.02 Å². The Balaban J connectivity index is 0.00000267. The molecule has 0 bridgehead atoms. The highest BCUT2D eigenvalue weighted by atomic mass is 35.5. The van der Waals surface area contributed by atoms with Gasteiger partial charge in [0, 0.05) is 62.1 Å². The van der Waals surface area contributed by atoms with Crippen LogP contribution >= 0.6 is 36.4 Å².